The van der Waals surface area contributed by atoms with Crippen LogP contribution >= 0.6 is 11.3 Å². The van der Waals surface area contributed by atoms with Crippen molar-refractivity contribution in [1.29, 1.82) is 0 Å². The van der Waals surface area contributed by atoms with Crippen LogP contribution in [0.1, 0.15) is 12.1 Å². The molecule has 1 saturated heterocycles. The van der Waals surface area contributed by atoms with Crippen molar-refractivity contribution in [3.8, 4) is 0 Å². The van der Waals surface area contributed by atoms with Gasteiger partial charge in [-0.1, -0.05) is 0 Å². The smallest absolute Gasteiger partial charge is 0.230 e. The van der Waals surface area contributed by atoms with Crippen molar-refractivity contribution in [2.24, 2.45) is 5.14 Å². The molecule has 1 aliphatic heterocycles. The van der Waals surface area contributed by atoms with Crippen molar-refractivity contribution in [3.05, 3.63) is 11.1 Å². The molecule has 1 unspecified atom stereocenters. The van der Waals surface area contributed by atoms with Crippen LogP contribution in [0, 0.1) is 6.92 Å². The molecular formula is C8H11N3O3S2. The Bertz CT molecular complexity index is 522. The maximum Gasteiger partial charge on any atom is 0.230 e. The average molecular weight is 261 g/mol. The molecule has 1 fully saturated rings. The van der Waals surface area contributed by atoms with E-state index in [4.69, 9.17) is 5.14 Å². The first kappa shape index (κ1) is 11.5. The lowest BCUT2D eigenvalue weighted by Crippen LogP contribution is -2.32. The molecule has 6 nitrogen and oxygen atoms in total. The second-order valence-electron chi connectivity index (χ2n) is 3.69. The van der Waals surface area contributed by atoms with Gasteiger partial charge in [0.1, 0.15) is 5.25 Å². The highest BCUT2D eigenvalue weighted by Gasteiger charge is 2.38. The van der Waals surface area contributed by atoms with E-state index in [0.717, 1.165) is 5.69 Å². The highest BCUT2D eigenvalue weighted by atomic mass is 32.2. The fourth-order valence-corrected chi connectivity index (χ4v) is 3.11. The Morgan fingerprint density at radius 1 is 1.62 bits per heavy atom. The lowest BCUT2D eigenvalue weighted by atomic mass is 10.4. The first-order valence-corrected chi connectivity index (χ1v) is 7.11. The number of thiazole rings is 1. The number of nitrogens with zero attached hydrogens (tertiary/aromatic N) is 2. The normalized spacial score (nSPS) is 21.8. The van der Waals surface area contributed by atoms with Crippen molar-refractivity contribution < 1.29 is 13.2 Å². The maximum atomic E-state index is 11.6. The van der Waals surface area contributed by atoms with Gasteiger partial charge in [-0.15, -0.1) is 11.3 Å². The Morgan fingerprint density at radius 3 is 2.75 bits per heavy atom. The van der Waals surface area contributed by atoms with Gasteiger partial charge < -0.3 is 0 Å². The molecule has 2 N–H and O–H groups in total. The Balaban J connectivity index is 2.24. The van der Waals surface area contributed by atoms with Crippen LogP contribution in [-0.2, 0) is 14.8 Å². The summed E-state index contributed by atoms with van der Waals surface area (Å²) < 4.78 is 22.3. The van der Waals surface area contributed by atoms with Gasteiger partial charge in [-0.25, -0.2) is 18.5 Å². The Hall–Kier alpha value is -0.990. The predicted octanol–water partition coefficient (Wildman–Crippen LogP) is -0.155. The van der Waals surface area contributed by atoms with E-state index in [1.165, 1.54) is 16.2 Å². The van der Waals surface area contributed by atoms with Crippen molar-refractivity contribution in [3.63, 3.8) is 0 Å². The van der Waals surface area contributed by atoms with Gasteiger partial charge in [-0.3, -0.25) is 9.69 Å². The van der Waals surface area contributed by atoms with Crippen LogP contribution in [0.4, 0.5) is 5.13 Å². The molecular weight excluding hydrogens is 250 g/mol. The summed E-state index contributed by atoms with van der Waals surface area (Å²) in [5.41, 5.74) is 0.812. The minimum Gasteiger partial charge on any atom is -0.287 e. The number of amides is 1. The zero-order valence-corrected chi connectivity index (χ0v) is 10.2. The zero-order chi connectivity index (χ0) is 11.9. The molecule has 0 aromatic carbocycles. The molecule has 0 saturated carbocycles. The van der Waals surface area contributed by atoms with Crippen molar-refractivity contribution in [2.75, 3.05) is 11.4 Å². The number of aryl methyl sites for hydroxylation is 1. The van der Waals surface area contributed by atoms with Gasteiger partial charge in [0.15, 0.2) is 5.13 Å². The fraction of sp³-hybridized carbons (Fsp3) is 0.500. The first-order chi connectivity index (χ1) is 7.38. The molecule has 1 aromatic heterocycles. The van der Waals surface area contributed by atoms with Crippen LogP contribution in [-0.4, -0.2) is 31.1 Å². The number of sulfonamides is 1. The van der Waals surface area contributed by atoms with Crippen LogP contribution in [0.3, 0.4) is 0 Å². The molecule has 1 aliphatic rings. The highest BCUT2D eigenvalue weighted by Crippen LogP contribution is 2.26. The summed E-state index contributed by atoms with van der Waals surface area (Å²) in [5.74, 6) is -0.242. The van der Waals surface area contributed by atoms with Crippen LogP contribution in [0.5, 0.6) is 0 Å². The molecule has 1 amide bonds. The van der Waals surface area contributed by atoms with Crippen LogP contribution in [0.15, 0.2) is 5.38 Å². The Kier molecular flexibility index (Phi) is 2.72. The number of nitrogens with two attached hydrogens (primary N) is 1. The molecule has 0 aliphatic carbocycles. The number of hydrogen-bond donors (Lipinski definition) is 1. The third-order valence-corrected chi connectivity index (χ3v) is 4.62. The fourth-order valence-electron chi connectivity index (χ4n) is 1.55. The minimum atomic E-state index is -3.66. The number of hydrogen-bond acceptors (Lipinski definition) is 5. The summed E-state index contributed by atoms with van der Waals surface area (Å²) in [6.07, 6.45) is -0.0581. The quantitative estimate of drug-likeness (QED) is 0.800. The first-order valence-electron chi connectivity index (χ1n) is 4.62. The summed E-state index contributed by atoms with van der Waals surface area (Å²) in [6.45, 7) is 1.92. The minimum absolute atomic E-state index is 0.0581. The number of carbonyl (C=O) groups is 1. The molecule has 0 spiro atoms. The van der Waals surface area contributed by atoms with Crippen molar-refractivity contribution in [2.45, 2.75) is 18.6 Å². The van der Waals surface area contributed by atoms with Gasteiger partial charge in [0.2, 0.25) is 15.9 Å². The third kappa shape index (κ3) is 2.08. The van der Waals surface area contributed by atoms with Gasteiger partial charge in [0.25, 0.3) is 0 Å². The molecule has 88 valence electrons. The van der Waals surface area contributed by atoms with E-state index < -0.39 is 15.3 Å². The number of anilines is 1. The standard InChI is InChI=1S/C8H11N3O3S2/c1-5-4-15-8(10-5)11-3-6(2-7(11)12)16(9,13)14/h4,6H,2-3H2,1H3,(H2,9,13,14). The molecule has 8 heteroatoms. The molecule has 2 heterocycles. The van der Waals surface area contributed by atoms with E-state index in [0.29, 0.717) is 5.13 Å². The van der Waals surface area contributed by atoms with Gasteiger partial charge in [0.05, 0.1) is 5.69 Å². The highest BCUT2D eigenvalue weighted by molar-refractivity contribution is 7.89. The van der Waals surface area contributed by atoms with Crippen molar-refractivity contribution in [1.82, 2.24) is 4.98 Å². The topological polar surface area (TPSA) is 93.4 Å². The van der Waals surface area contributed by atoms with E-state index in [1.807, 2.05) is 12.3 Å². The third-order valence-electron chi connectivity index (χ3n) is 2.39. The van der Waals surface area contributed by atoms with Gasteiger partial charge in [-0.2, -0.15) is 0 Å². The molecule has 2 rings (SSSR count). The molecule has 1 aromatic rings. The molecule has 0 radical (unpaired) electrons. The maximum absolute atomic E-state index is 11.6. The van der Waals surface area contributed by atoms with Gasteiger partial charge in [-0.05, 0) is 6.92 Å². The summed E-state index contributed by atoms with van der Waals surface area (Å²) in [4.78, 5) is 17.1. The van der Waals surface area contributed by atoms with Crippen LogP contribution in [0.2, 0.25) is 0 Å². The van der Waals surface area contributed by atoms with Crippen LogP contribution in [0.25, 0.3) is 0 Å². The monoisotopic (exact) mass is 261 g/mol. The molecule has 0 bridgehead atoms. The largest absolute Gasteiger partial charge is 0.287 e. The Morgan fingerprint density at radius 2 is 2.31 bits per heavy atom. The number of rotatable bonds is 2. The Labute approximate surface area is 97.1 Å². The summed E-state index contributed by atoms with van der Waals surface area (Å²) in [6, 6.07) is 0. The van der Waals surface area contributed by atoms with Gasteiger partial charge >= 0.3 is 0 Å². The summed E-state index contributed by atoms with van der Waals surface area (Å²) >= 11 is 1.32. The lowest BCUT2D eigenvalue weighted by molar-refractivity contribution is -0.117. The number of aromatic nitrogens is 1. The van der Waals surface area contributed by atoms with Gasteiger partial charge in [0, 0.05) is 18.3 Å². The van der Waals surface area contributed by atoms with E-state index in [-0.39, 0.29) is 18.9 Å². The number of primary sulfonamides is 1. The van der Waals surface area contributed by atoms with E-state index in [2.05, 4.69) is 4.98 Å². The van der Waals surface area contributed by atoms with Crippen LogP contribution < -0.4 is 10.0 Å². The van der Waals surface area contributed by atoms with Crippen molar-refractivity contribution >= 4 is 32.4 Å². The lowest BCUT2D eigenvalue weighted by Gasteiger charge is -2.11. The summed E-state index contributed by atoms with van der Waals surface area (Å²) in [7, 11) is -3.66. The van der Waals surface area contributed by atoms with E-state index in [9.17, 15) is 13.2 Å². The molecule has 16 heavy (non-hydrogen) atoms. The SMILES string of the molecule is Cc1csc(N2CC(S(N)(=O)=O)CC2=O)n1. The second kappa shape index (κ2) is 3.79. The van der Waals surface area contributed by atoms with E-state index in [1.54, 1.807) is 0 Å². The average Bonchev–Trinajstić information content (AvgIpc) is 2.70. The second-order valence-corrected chi connectivity index (χ2v) is 6.37. The number of carbonyl (C=O) groups excluding carboxylic acids is 1. The predicted molar refractivity (Wildman–Crippen MR) is 60.7 cm³/mol. The zero-order valence-electron chi connectivity index (χ0n) is 8.58. The molecule has 1 atom stereocenters. The van der Waals surface area contributed by atoms with E-state index >= 15 is 0 Å². The summed E-state index contributed by atoms with van der Waals surface area (Å²) in [5, 5.41) is 6.56.